The average Bonchev–Trinajstić information content (AvgIpc) is 2.92. The summed E-state index contributed by atoms with van der Waals surface area (Å²) in [5.41, 5.74) is 1.85. The molecule has 1 saturated heterocycles. The lowest BCUT2D eigenvalue weighted by atomic mass is 10.1. The summed E-state index contributed by atoms with van der Waals surface area (Å²) in [6, 6.07) is 12.1. The summed E-state index contributed by atoms with van der Waals surface area (Å²) < 4.78 is 5.19. The van der Waals surface area contributed by atoms with E-state index in [0.717, 1.165) is 30.8 Å². The fourth-order valence-corrected chi connectivity index (χ4v) is 2.97. The number of benzene rings is 1. The molecule has 0 spiro atoms. The zero-order valence-corrected chi connectivity index (χ0v) is 13.0. The molecule has 0 aliphatic carbocycles. The quantitative estimate of drug-likeness (QED) is 0.874. The molecule has 5 heteroatoms. The van der Waals surface area contributed by atoms with Gasteiger partial charge < -0.3 is 4.52 Å². The van der Waals surface area contributed by atoms with Crippen molar-refractivity contribution >= 4 is 11.6 Å². The molecule has 1 atom stereocenters. The summed E-state index contributed by atoms with van der Waals surface area (Å²) in [5, 5.41) is 7.81. The minimum absolute atomic E-state index is 0.0483. The Morgan fingerprint density at radius 1 is 1.36 bits per heavy atom. The van der Waals surface area contributed by atoms with Crippen LogP contribution < -0.4 is 5.01 Å². The predicted molar refractivity (Wildman–Crippen MR) is 84.3 cm³/mol. The van der Waals surface area contributed by atoms with Gasteiger partial charge in [-0.2, -0.15) is 0 Å². The average molecular weight is 299 g/mol. The van der Waals surface area contributed by atoms with Gasteiger partial charge in [-0.25, -0.2) is 0 Å². The third-order valence-corrected chi connectivity index (χ3v) is 3.98. The van der Waals surface area contributed by atoms with Gasteiger partial charge in [0.15, 0.2) is 0 Å². The highest BCUT2D eigenvalue weighted by Crippen LogP contribution is 2.25. The van der Waals surface area contributed by atoms with Gasteiger partial charge in [0, 0.05) is 12.6 Å². The molecule has 2 aromatic rings. The monoisotopic (exact) mass is 299 g/mol. The highest BCUT2D eigenvalue weighted by atomic mass is 16.5. The van der Waals surface area contributed by atoms with Crippen LogP contribution in [0.3, 0.4) is 0 Å². The Balaban J connectivity index is 1.82. The highest BCUT2D eigenvalue weighted by Gasteiger charge is 2.31. The second-order valence-corrected chi connectivity index (χ2v) is 5.80. The van der Waals surface area contributed by atoms with Gasteiger partial charge in [0.1, 0.15) is 5.76 Å². The number of amides is 1. The third-order valence-electron chi connectivity index (χ3n) is 3.98. The van der Waals surface area contributed by atoms with Crippen LogP contribution >= 0.6 is 0 Å². The highest BCUT2D eigenvalue weighted by molar-refractivity contribution is 5.80. The first-order valence-electron chi connectivity index (χ1n) is 7.72. The number of carbonyl (C=O) groups excluding carboxylic acids is 1. The van der Waals surface area contributed by atoms with Crippen molar-refractivity contribution in [3.8, 4) is 0 Å². The Bertz CT molecular complexity index is 638. The van der Waals surface area contributed by atoms with E-state index in [-0.39, 0.29) is 18.4 Å². The second-order valence-electron chi connectivity index (χ2n) is 5.80. The maximum Gasteiger partial charge on any atom is 0.249 e. The molecule has 3 rings (SSSR count). The maximum atomic E-state index is 12.8. The van der Waals surface area contributed by atoms with Crippen LogP contribution in [-0.4, -0.2) is 28.7 Å². The Kier molecular flexibility index (Phi) is 4.13. The van der Waals surface area contributed by atoms with Crippen molar-refractivity contribution in [2.75, 3.05) is 11.6 Å². The van der Waals surface area contributed by atoms with Crippen molar-refractivity contribution in [2.24, 2.45) is 0 Å². The molecule has 0 bridgehead atoms. The van der Waals surface area contributed by atoms with E-state index in [1.807, 2.05) is 48.3 Å². The summed E-state index contributed by atoms with van der Waals surface area (Å²) in [5.74, 6) is 0.667. The van der Waals surface area contributed by atoms with Crippen molar-refractivity contribution in [2.45, 2.75) is 39.2 Å². The summed E-state index contributed by atoms with van der Waals surface area (Å²) in [6.07, 6.45) is 2.35. The molecule has 1 aliphatic heterocycles. The lowest BCUT2D eigenvalue weighted by molar-refractivity contribution is -0.134. The summed E-state index contributed by atoms with van der Waals surface area (Å²) in [4.78, 5) is 12.8. The molecule has 0 N–H and O–H groups in total. The molecule has 1 aromatic carbocycles. The molecule has 1 amide bonds. The number of rotatable bonds is 3. The molecule has 22 heavy (non-hydrogen) atoms. The Morgan fingerprint density at radius 2 is 2.14 bits per heavy atom. The SMILES string of the molecule is Cc1cc(CC(=O)N2C(C)CCCN2c2ccccc2)on1. The minimum Gasteiger partial charge on any atom is -0.361 e. The number of hydrazine groups is 1. The van der Waals surface area contributed by atoms with Crippen LogP contribution in [0.1, 0.15) is 31.2 Å². The van der Waals surface area contributed by atoms with E-state index in [1.54, 1.807) is 0 Å². The van der Waals surface area contributed by atoms with Crippen molar-refractivity contribution in [1.82, 2.24) is 10.2 Å². The summed E-state index contributed by atoms with van der Waals surface area (Å²) in [7, 11) is 0. The molecule has 116 valence electrons. The number of aryl methyl sites for hydroxylation is 1. The smallest absolute Gasteiger partial charge is 0.249 e. The number of nitrogens with zero attached hydrogens (tertiary/aromatic N) is 3. The minimum atomic E-state index is 0.0483. The molecule has 5 nitrogen and oxygen atoms in total. The normalized spacial score (nSPS) is 18.5. The fraction of sp³-hybridized carbons (Fsp3) is 0.412. The number of carbonyl (C=O) groups is 1. The number of anilines is 1. The lowest BCUT2D eigenvalue weighted by Crippen LogP contribution is -2.55. The van der Waals surface area contributed by atoms with Crippen molar-refractivity contribution in [3.63, 3.8) is 0 Å². The van der Waals surface area contributed by atoms with Crippen LogP contribution in [0.2, 0.25) is 0 Å². The Hall–Kier alpha value is -2.30. The molecule has 1 unspecified atom stereocenters. The maximum absolute atomic E-state index is 12.8. The van der Waals surface area contributed by atoms with Gasteiger partial charge in [-0.3, -0.25) is 14.8 Å². The van der Waals surface area contributed by atoms with Gasteiger partial charge >= 0.3 is 0 Å². The fourth-order valence-electron chi connectivity index (χ4n) is 2.97. The molecular formula is C17H21N3O2. The predicted octanol–water partition coefficient (Wildman–Crippen LogP) is 2.96. The van der Waals surface area contributed by atoms with Crippen molar-refractivity contribution in [1.29, 1.82) is 0 Å². The van der Waals surface area contributed by atoms with E-state index in [1.165, 1.54) is 0 Å². The van der Waals surface area contributed by atoms with E-state index in [9.17, 15) is 4.79 Å². The molecule has 0 saturated carbocycles. The van der Waals surface area contributed by atoms with Gasteiger partial charge in [-0.15, -0.1) is 0 Å². The van der Waals surface area contributed by atoms with E-state index < -0.39 is 0 Å². The van der Waals surface area contributed by atoms with Crippen LogP contribution in [0.4, 0.5) is 5.69 Å². The number of hydrogen-bond acceptors (Lipinski definition) is 4. The van der Waals surface area contributed by atoms with Crippen LogP contribution in [0.5, 0.6) is 0 Å². The number of hydrogen-bond donors (Lipinski definition) is 0. The first-order chi connectivity index (χ1) is 10.6. The van der Waals surface area contributed by atoms with Gasteiger partial charge in [0.25, 0.3) is 0 Å². The molecule has 0 radical (unpaired) electrons. The zero-order chi connectivity index (χ0) is 15.5. The van der Waals surface area contributed by atoms with Crippen LogP contribution in [0.15, 0.2) is 40.9 Å². The van der Waals surface area contributed by atoms with Crippen LogP contribution in [0, 0.1) is 6.92 Å². The van der Waals surface area contributed by atoms with Crippen LogP contribution in [0.25, 0.3) is 0 Å². The van der Waals surface area contributed by atoms with Gasteiger partial charge in [0.05, 0.1) is 23.8 Å². The molecule has 2 heterocycles. The van der Waals surface area contributed by atoms with E-state index >= 15 is 0 Å². The number of aromatic nitrogens is 1. The van der Waals surface area contributed by atoms with Gasteiger partial charge in [0.2, 0.25) is 5.91 Å². The Morgan fingerprint density at radius 3 is 2.82 bits per heavy atom. The zero-order valence-electron chi connectivity index (χ0n) is 13.0. The standard InChI is InChI=1S/C17H21N3O2/c1-13-11-16(22-18-13)12-17(21)20-14(2)7-6-10-19(20)15-8-4-3-5-9-15/h3-5,8-9,11,14H,6-7,10,12H2,1-2H3. The molecular weight excluding hydrogens is 278 g/mol. The lowest BCUT2D eigenvalue weighted by Gasteiger charge is -2.44. The molecule has 1 aromatic heterocycles. The van der Waals surface area contributed by atoms with E-state index in [0.29, 0.717) is 5.76 Å². The van der Waals surface area contributed by atoms with Gasteiger partial charge in [-0.1, -0.05) is 23.4 Å². The molecule has 1 fully saturated rings. The van der Waals surface area contributed by atoms with E-state index in [4.69, 9.17) is 4.52 Å². The van der Waals surface area contributed by atoms with E-state index in [2.05, 4.69) is 17.1 Å². The molecule has 1 aliphatic rings. The van der Waals surface area contributed by atoms with Gasteiger partial charge in [-0.05, 0) is 38.8 Å². The summed E-state index contributed by atoms with van der Waals surface area (Å²) >= 11 is 0. The topological polar surface area (TPSA) is 49.6 Å². The van der Waals surface area contributed by atoms with Crippen molar-refractivity contribution < 1.29 is 9.32 Å². The Labute approximate surface area is 130 Å². The first-order valence-corrected chi connectivity index (χ1v) is 7.72. The van der Waals surface area contributed by atoms with Crippen LogP contribution in [-0.2, 0) is 11.2 Å². The second kappa shape index (κ2) is 6.22. The van der Waals surface area contributed by atoms with Crippen molar-refractivity contribution in [3.05, 3.63) is 47.9 Å². The largest absolute Gasteiger partial charge is 0.361 e. The summed E-state index contributed by atoms with van der Waals surface area (Å²) in [6.45, 7) is 4.81. The third kappa shape index (κ3) is 2.98. The number of para-hydroxylation sites is 1. The first kappa shape index (κ1) is 14.6.